The predicted molar refractivity (Wildman–Crippen MR) is 88.0 cm³/mol. The average molecular weight is 351 g/mol. The Hall–Kier alpha value is -2.17. The first-order valence-electron chi connectivity index (χ1n) is 6.60. The predicted octanol–water partition coefficient (Wildman–Crippen LogP) is 4.34. The number of Topliss-reactive ketones (excluding diaryl/α,β-unsaturated/α-hetero) is 2. The molecule has 0 saturated carbocycles. The summed E-state index contributed by atoms with van der Waals surface area (Å²) in [5, 5.41) is 10.1. The molecule has 0 radical (unpaired) electrons. The highest BCUT2D eigenvalue weighted by molar-refractivity contribution is 6.36. The molecule has 0 aromatic heterocycles. The number of phenolic OH excluding ortho intramolecular Hbond substituents is 1. The quantitative estimate of drug-likeness (QED) is 0.832. The molecular weight excluding hydrogens is 339 g/mol. The molecule has 23 heavy (non-hydrogen) atoms. The molecule has 0 bridgehead atoms. The van der Waals surface area contributed by atoms with E-state index in [1.54, 1.807) is 0 Å². The van der Waals surface area contributed by atoms with Crippen molar-refractivity contribution in [2.45, 2.75) is 13.8 Å². The van der Waals surface area contributed by atoms with Gasteiger partial charge >= 0.3 is 0 Å². The van der Waals surface area contributed by atoms with Gasteiger partial charge in [-0.25, -0.2) is 0 Å². The van der Waals surface area contributed by atoms with Crippen LogP contribution in [0.5, 0.6) is 5.75 Å². The molecule has 0 amide bonds. The third-order valence-corrected chi connectivity index (χ3v) is 3.79. The Morgan fingerprint density at radius 2 is 1.30 bits per heavy atom. The molecule has 0 fully saturated rings. The lowest BCUT2D eigenvalue weighted by molar-refractivity contribution is 0.101. The van der Waals surface area contributed by atoms with Crippen LogP contribution in [0, 0.1) is 0 Å². The van der Waals surface area contributed by atoms with Crippen LogP contribution < -0.4 is 0 Å². The molecule has 0 atom stereocenters. The second-order valence-electron chi connectivity index (χ2n) is 5.02. The number of hydrogen-bond acceptors (Lipinski definition) is 4. The summed E-state index contributed by atoms with van der Waals surface area (Å²) >= 11 is 11.7. The summed E-state index contributed by atoms with van der Waals surface area (Å²) < 4.78 is 0. The fraction of sp³-hybridized carbons (Fsp3) is 0.118. The maximum atomic E-state index is 12.6. The molecule has 0 aliphatic rings. The van der Waals surface area contributed by atoms with Gasteiger partial charge in [0.05, 0.1) is 10.6 Å². The summed E-state index contributed by atoms with van der Waals surface area (Å²) in [5.74, 6) is -1.55. The Morgan fingerprint density at radius 1 is 0.826 bits per heavy atom. The smallest absolute Gasteiger partial charge is 0.196 e. The Morgan fingerprint density at radius 3 is 1.78 bits per heavy atom. The van der Waals surface area contributed by atoms with E-state index in [2.05, 4.69) is 0 Å². The maximum Gasteiger partial charge on any atom is 0.196 e. The number of ketones is 3. The Labute approximate surface area is 142 Å². The molecule has 0 heterocycles. The summed E-state index contributed by atoms with van der Waals surface area (Å²) in [6, 6.07) is 6.74. The van der Waals surface area contributed by atoms with Gasteiger partial charge in [-0.3, -0.25) is 14.4 Å². The largest absolute Gasteiger partial charge is 0.506 e. The van der Waals surface area contributed by atoms with Crippen LogP contribution in [-0.2, 0) is 0 Å². The van der Waals surface area contributed by atoms with E-state index in [0.717, 1.165) is 0 Å². The first-order chi connectivity index (χ1) is 10.7. The molecule has 0 aliphatic carbocycles. The zero-order valence-electron chi connectivity index (χ0n) is 12.3. The number of hydrogen-bond donors (Lipinski definition) is 1. The van der Waals surface area contributed by atoms with Gasteiger partial charge in [0.15, 0.2) is 17.3 Å². The normalized spacial score (nSPS) is 10.4. The van der Waals surface area contributed by atoms with Crippen LogP contribution in [0.1, 0.15) is 50.5 Å². The Kier molecular flexibility index (Phi) is 4.88. The van der Waals surface area contributed by atoms with Crippen LogP contribution in [-0.4, -0.2) is 22.5 Å². The fourth-order valence-electron chi connectivity index (χ4n) is 2.06. The van der Waals surface area contributed by atoms with Crippen molar-refractivity contribution in [3.8, 4) is 5.75 Å². The Balaban J connectivity index is 2.64. The molecule has 6 heteroatoms. The van der Waals surface area contributed by atoms with E-state index in [-0.39, 0.29) is 43.9 Å². The van der Waals surface area contributed by atoms with Crippen LogP contribution in [0.3, 0.4) is 0 Å². The second-order valence-corrected chi connectivity index (χ2v) is 5.87. The van der Waals surface area contributed by atoms with Gasteiger partial charge in [-0.1, -0.05) is 23.2 Å². The average Bonchev–Trinajstić information content (AvgIpc) is 2.49. The Bertz CT molecular complexity index is 808. The van der Waals surface area contributed by atoms with Crippen LogP contribution >= 0.6 is 23.2 Å². The maximum absolute atomic E-state index is 12.6. The summed E-state index contributed by atoms with van der Waals surface area (Å²) in [4.78, 5) is 35.8. The molecule has 4 nitrogen and oxygen atoms in total. The standard InChI is InChI=1S/C17H12Cl2O4/c1-8(20)10-3-11(9(2)21)5-12(4-10)16(22)14-6-13(18)7-15(19)17(14)23/h3-7,23H,1-2H3. The summed E-state index contributed by atoms with van der Waals surface area (Å²) in [7, 11) is 0. The molecule has 2 rings (SSSR count). The van der Waals surface area contributed by atoms with E-state index in [4.69, 9.17) is 23.2 Å². The van der Waals surface area contributed by atoms with Crippen molar-refractivity contribution in [2.24, 2.45) is 0 Å². The molecule has 118 valence electrons. The van der Waals surface area contributed by atoms with Crippen molar-refractivity contribution in [2.75, 3.05) is 0 Å². The van der Waals surface area contributed by atoms with Gasteiger partial charge in [-0.05, 0) is 44.2 Å². The number of phenols is 1. The summed E-state index contributed by atoms with van der Waals surface area (Å²) in [6.07, 6.45) is 0. The van der Waals surface area contributed by atoms with Crippen molar-refractivity contribution in [1.29, 1.82) is 0 Å². The van der Waals surface area contributed by atoms with Crippen molar-refractivity contribution in [1.82, 2.24) is 0 Å². The molecule has 0 unspecified atom stereocenters. The minimum Gasteiger partial charge on any atom is -0.506 e. The van der Waals surface area contributed by atoms with Gasteiger partial charge in [-0.15, -0.1) is 0 Å². The molecule has 0 spiro atoms. The van der Waals surface area contributed by atoms with Gasteiger partial charge in [-0.2, -0.15) is 0 Å². The number of carbonyl (C=O) groups is 3. The minimum atomic E-state index is -0.586. The molecular formula is C17H12Cl2O4. The second kappa shape index (κ2) is 6.52. The lowest BCUT2D eigenvalue weighted by Gasteiger charge is -2.09. The van der Waals surface area contributed by atoms with Gasteiger partial charge < -0.3 is 5.11 Å². The van der Waals surface area contributed by atoms with Crippen molar-refractivity contribution < 1.29 is 19.5 Å². The third kappa shape index (κ3) is 3.60. The number of halogens is 2. The van der Waals surface area contributed by atoms with E-state index in [1.807, 2.05) is 0 Å². The molecule has 2 aromatic carbocycles. The summed E-state index contributed by atoms with van der Waals surface area (Å²) in [6.45, 7) is 2.67. The number of aromatic hydroxyl groups is 1. The number of rotatable bonds is 4. The first kappa shape index (κ1) is 17.2. The van der Waals surface area contributed by atoms with Gasteiger partial charge in [0.2, 0.25) is 0 Å². The van der Waals surface area contributed by atoms with Crippen LogP contribution in [0.15, 0.2) is 30.3 Å². The SMILES string of the molecule is CC(=O)c1cc(C(C)=O)cc(C(=O)c2cc(Cl)cc(Cl)c2O)c1. The van der Waals surface area contributed by atoms with Gasteiger partial charge in [0.1, 0.15) is 5.75 Å². The highest BCUT2D eigenvalue weighted by atomic mass is 35.5. The zero-order chi connectivity index (χ0) is 17.3. The van der Waals surface area contributed by atoms with Gasteiger partial charge in [0.25, 0.3) is 0 Å². The van der Waals surface area contributed by atoms with E-state index >= 15 is 0 Å². The molecule has 2 aromatic rings. The minimum absolute atomic E-state index is 0.0598. The van der Waals surface area contributed by atoms with E-state index < -0.39 is 11.5 Å². The lowest BCUT2D eigenvalue weighted by Crippen LogP contribution is -2.07. The zero-order valence-corrected chi connectivity index (χ0v) is 13.8. The van der Waals surface area contributed by atoms with E-state index in [1.165, 1.54) is 44.2 Å². The van der Waals surface area contributed by atoms with Crippen molar-refractivity contribution >= 4 is 40.6 Å². The monoisotopic (exact) mass is 350 g/mol. The highest BCUT2D eigenvalue weighted by Gasteiger charge is 2.19. The van der Waals surface area contributed by atoms with Crippen LogP contribution in [0.4, 0.5) is 0 Å². The third-order valence-electron chi connectivity index (χ3n) is 3.28. The first-order valence-corrected chi connectivity index (χ1v) is 7.36. The van der Waals surface area contributed by atoms with Gasteiger partial charge in [0, 0.05) is 21.7 Å². The van der Waals surface area contributed by atoms with E-state index in [9.17, 15) is 19.5 Å². The fourth-order valence-corrected chi connectivity index (χ4v) is 2.55. The van der Waals surface area contributed by atoms with Crippen LogP contribution in [0.25, 0.3) is 0 Å². The lowest BCUT2D eigenvalue weighted by atomic mass is 9.96. The van der Waals surface area contributed by atoms with Crippen molar-refractivity contribution in [3.05, 3.63) is 62.6 Å². The van der Waals surface area contributed by atoms with Crippen LogP contribution in [0.2, 0.25) is 10.0 Å². The van der Waals surface area contributed by atoms with E-state index in [0.29, 0.717) is 0 Å². The number of carbonyl (C=O) groups excluding carboxylic acids is 3. The number of benzene rings is 2. The molecule has 0 aliphatic heterocycles. The molecule has 0 saturated heterocycles. The van der Waals surface area contributed by atoms with Crippen molar-refractivity contribution in [3.63, 3.8) is 0 Å². The summed E-state index contributed by atoms with van der Waals surface area (Å²) in [5.41, 5.74) is 0.455. The topological polar surface area (TPSA) is 71.4 Å². The molecule has 1 N–H and O–H groups in total. The highest BCUT2D eigenvalue weighted by Crippen LogP contribution is 2.32.